The molecule has 0 radical (unpaired) electrons. The maximum Gasteiger partial charge on any atom is 0.279 e. The molecule has 0 aliphatic carbocycles. The molecule has 1 N–H and O–H groups in total. The topological polar surface area (TPSA) is 76.5 Å². The van der Waals surface area contributed by atoms with Gasteiger partial charge in [-0.05, 0) is 42.3 Å². The van der Waals surface area contributed by atoms with Gasteiger partial charge < -0.3 is 10.1 Å². The molecule has 1 saturated heterocycles. The number of benzene rings is 3. The van der Waals surface area contributed by atoms with Crippen molar-refractivity contribution in [2.75, 3.05) is 38.2 Å². The van der Waals surface area contributed by atoms with E-state index in [9.17, 15) is 9.59 Å². The summed E-state index contributed by atoms with van der Waals surface area (Å²) in [7, 11) is 0. The molecule has 0 bridgehead atoms. The van der Waals surface area contributed by atoms with Crippen LogP contribution in [0.4, 0.5) is 5.69 Å². The van der Waals surface area contributed by atoms with E-state index in [0.29, 0.717) is 22.1 Å². The van der Waals surface area contributed by atoms with Gasteiger partial charge in [0.05, 0.1) is 24.3 Å². The summed E-state index contributed by atoms with van der Waals surface area (Å²) in [4.78, 5) is 28.7. The molecule has 4 aromatic rings. The van der Waals surface area contributed by atoms with Crippen LogP contribution in [0.3, 0.4) is 0 Å². The van der Waals surface area contributed by atoms with Crippen molar-refractivity contribution in [2.24, 2.45) is 0 Å². The average Bonchev–Trinajstić information content (AvgIpc) is 2.90. The molecule has 1 aliphatic rings. The first kappa shape index (κ1) is 22.0. The van der Waals surface area contributed by atoms with Crippen molar-refractivity contribution in [1.29, 1.82) is 0 Å². The predicted octanol–water partition coefficient (Wildman–Crippen LogP) is 3.51. The summed E-state index contributed by atoms with van der Waals surface area (Å²) in [5.41, 5.74) is 2.45. The van der Waals surface area contributed by atoms with Gasteiger partial charge in [-0.15, -0.1) is 0 Å². The highest BCUT2D eigenvalue weighted by Crippen LogP contribution is 2.18. The first-order chi connectivity index (χ1) is 16.7. The van der Waals surface area contributed by atoms with E-state index in [4.69, 9.17) is 4.74 Å². The van der Waals surface area contributed by atoms with E-state index >= 15 is 0 Å². The van der Waals surface area contributed by atoms with Crippen LogP contribution >= 0.6 is 0 Å². The maximum absolute atomic E-state index is 13.2. The van der Waals surface area contributed by atoms with Crippen molar-refractivity contribution in [3.05, 3.63) is 100 Å². The number of fused-ring (bicyclic) bond motifs is 1. The number of hydrogen-bond donors (Lipinski definition) is 1. The smallest absolute Gasteiger partial charge is 0.279 e. The number of ether oxygens (including phenoxy) is 1. The van der Waals surface area contributed by atoms with Crippen LogP contribution in [0, 0.1) is 0 Å². The molecule has 1 amide bonds. The largest absolute Gasteiger partial charge is 0.379 e. The number of para-hydroxylation sites is 1. The van der Waals surface area contributed by atoms with Crippen LogP contribution in [0.15, 0.2) is 83.7 Å². The molecular formula is C27H26N4O3. The number of hydrogen-bond acceptors (Lipinski definition) is 5. The molecule has 5 rings (SSSR count). The number of rotatable bonds is 6. The van der Waals surface area contributed by atoms with Crippen LogP contribution in [0.2, 0.25) is 0 Å². The molecule has 3 aromatic carbocycles. The number of morpholine rings is 1. The van der Waals surface area contributed by atoms with Crippen molar-refractivity contribution in [2.45, 2.75) is 6.42 Å². The Kier molecular flexibility index (Phi) is 6.46. The Morgan fingerprint density at radius 3 is 2.29 bits per heavy atom. The third-order valence-corrected chi connectivity index (χ3v) is 6.05. The zero-order valence-electron chi connectivity index (χ0n) is 18.8. The fraction of sp³-hybridized carbons (Fsp3) is 0.222. The van der Waals surface area contributed by atoms with Crippen LogP contribution in [0.5, 0.6) is 0 Å². The minimum Gasteiger partial charge on any atom is -0.379 e. The Hall–Kier alpha value is -3.81. The van der Waals surface area contributed by atoms with Crippen molar-refractivity contribution in [3.8, 4) is 5.69 Å². The van der Waals surface area contributed by atoms with E-state index in [-0.39, 0.29) is 17.2 Å². The number of amides is 1. The second kappa shape index (κ2) is 9.99. The Bertz CT molecular complexity index is 1340. The molecular weight excluding hydrogens is 428 g/mol. The molecule has 7 heteroatoms. The standard InChI is InChI=1S/C27H26N4O3/c32-26(28-21-12-10-20(11-13-21)14-15-30-16-18-34-19-17-30)25-23-8-4-5-9-24(23)27(33)31(29-25)22-6-2-1-3-7-22/h1-13H,14-19H2,(H,28,32). The van der Waals surface area contributed by atoms with E-state index in [1.165, 1.54) is 10.2 Å². The summed E-state index contributed by atoms with van der Waals surface area (Å²) in [6.45, 7) is 4.53. The molecule has 0 spiro atoms. The summed E-state index contributed by atoms with van der Waals surface area (Å²) in [6, 6.07) is 24.1. The molecule has 1 fully saturated rings. The first-order valence-electron chi connectivity index (χ1n) is 11.5. The van der Waals surface area contributed by atoms with E-state index < -0.39 is 0 Å². The normalized spacial score (nSPS) is 14.2. The molecule has 0 atom stereocenters. The van der Waals surface area contributed by atoms with E-state index in [1.807, 2.05) is 42.5 Å². The van der Waals surface area contributed by atoms with Gasteiger partial charge in [-0.3, -0.25) is 14.5 Å². The van der Waals surface area contributed by atoms with Gasteiger partial charge in [0.25, 0.3) is 11.5 Å². The molecule has 7 nitrogen and oxygen atoms in total. The Balaban J connectivity index is 1.37. The average molecular weight is 455 g/mol. The summed E-state index contributed by atoms with van der Waals surface area (Å²) in [5.74, 6) is -0.359. The molecule has 172 valence electrons. The van der Waals surface area contributed by atoms with Crippen molar-refractivity contribution in [1.82, 2.24) is 14.7 Å². The Morgan fingerprint density at radius 1 is 0.882 bits per heavy atom. The monoisotopic (exact) mass is 454 g/mol. The lowest BCUT2D eigenvalue weighted by atomic mass is 10.1. The molecule has 34 heavy (non-hydrogen) atoms. The third kappa shape index (κ3) is 4.76. The van der Waals surface area contributed by atoms with Crippen LogP contribution in [-0.4, -0.2) is 53.4 Å². The highest BCUT2D eigenvalue weighted by molar-refractivity contribution is 6.11. The van der Waals surface area contributed by atoms with Gasteiger partial charge in [-0.1, -0.05) is 48.5 Å². The van der Waals surface area contributed by atoms with Gasteiger partial charge in [-0.25, -0.2) is 0 Å². The van der Waals surface area contributed by atoms with Gasteiger partial charge in [0.1, 0.15) is 0 Å². The van der Waals surface area contributed by atoms with E-state index in [2.05, 4.69) is 15.3 Å². The highest BCUT2D eigenvalue weighted by atomic mass is 16.5. The van der Waals surface area contributed by atoms with Crippen LogP contribution in [-0.2, 0) is 11.2 Å². The molecule has 2 heterocycles. The number of aromatic nitrogens is 2. The zero-order valence-corrected chi connectivity index (χ0v) is 18.8. The lowest BCUT2D eigenvalue weighted by Gasteiger charge is -2.26. The molecule has 1 aromatic heterocycles. The minimum absolute atomic E-state index is 0.204. The van der Waals surface area contributed by atoms with E-state index in [0.717, 1.165) is 39.3 Å². The summed E-state index contributed by atoms with van der Waals surface area (Å²) in [6.07, 6.45) is 0.947. The zero-order chi connectivity index (χ0) is 23.3. The molecule has 0 saturated carbocycles. The summed E-state index contributed by atoms with van der Waals surface area (Å²) in [5, 5.41) is 8.36. The molecule has 0 unspecified atom stereocenters. The lowest BCUT2D eigenvalue weighted by molar-refractivity contribution is 0.0384. The highest BCUT2D eigenvalue weighted by Gasteiger charge is 2.18. The van der Waals surface area contributed by atoms with Gasteiger partial charge in [0, 0.05) is 30.7 Å². The lowest BCUT2D eigenvalue weighted by Crippen LogP contribution is -2.37. The number of nitrogens with zero attached hydrogens (tertiary/aromatic N) is 3. The summed E-state index contributed by atoms with van der Waals surface area (Å²) >= 11 is 0. The van der Waals surface area contributed by atoms with Gasteiger partial charge in [0.2, 0.25) is 0 Å². The van der Waals surface area contributed by atoms with Gasteiger partial charge in [-0.2, -0.15) is 9.78 Å². The summed E-state index contributed by atoms with van der Waals surface area (Å²) < 4.78 is 6.68. The van der Waals surface area contributed by atoms with Crippen molar-refractivity contribution >= 4 is 22.4 Å². The van der Waals surface area contributed by atoms with Crippen molar-refractivity contribution < 1.29 is 9.53 Å². The first-order valence-corrected chi connectivity index (χ1v) is 11.5. The third-order valence-electron chi connectivity index (χ3n) is 6.05. The Morgan fingerprint density at radius 2 is 1.56 bits per heavy atom. The van der Waals surface area contributed by atoms with Crippen LogP contribution in [0.1, 0.15) is 16.1 Å². The number of nitrogens with one attached hydrogen (secondary N) is 1. The van der Waals surface area contributed by atoms with E-state index in [1.54, 1.807) is 36.4 Å². The number of anilines is 1. The van der Waals surface area contributed by atoms with Gasteiger partial charge in [0.15, 0.2) is 5.69 Å². The van der Waals surface area contributed by atoms with Crippen LogP contribution < -0.4 is 10.9 Å². The van der Waals surface area contributed by atoms with Gasteiger partial charge >= 0.3 is 0 Å². The number of carbonyl (C=O) groups is 1. The Labute approximate surface area is 197 Å². The maximum atomic E-state index is 13.2. The second-order valence-electron chi connectivity index (χ2n) is 8.30. The SMILES string of the molecule is O=C(Nc1ccc(CCN2CCOCC2)cc1)c1nn(-c2ccccc2)c(=O)c2ccccc12. The number of carbonyl (C=O) groups excluding carboxylic acids is 1. The predicted molar refractivity (Wildman–Crippen MR) is 133 cm³/mol. The van der Waals surface area contributed by atoms with Crippen LogP contribution in [0.25, 0.3) is 16.5 Å². The molecule has 1 aliphatic heterocycles. The van der Waals surface area contributed by atoms with Crippen molar-refractivity contribution in [3.63, 3.8) is 0 Å². The second-order valence-corrected chi connectivity index (χ2v) is 8.30. The fourth-order valence-electron chi connectivity index (χ4n) is 4.16. The fourth-order valence-corrected chi connectivity index (χ4v) is 4.16. The minimum atomic E-state index is -0.359. The quantitative estimate of drug-likeness (QED) is 0.483.